The van der Waals surface area contributed by atoms with Crippen LogP contribution in [0.2, 0.25) is 0 Å². The topological polar surface area (TPSA) is 112 Å². The zero-order valence-corrected chi connectivity index (χ0v) is 20.2. The van der Waals surface area contributed by atoms with Crippen molar-refractivity contribution in [1.29, 1.82) is 0 Å². The summed E-state index contributed by atoms with van der Waals surface area (Å²) in [5.41, 5.74) is 0.682. The summed E-state index contributed by atoms with van der Waals surface area (Å²) in [6.07, 6.45) is 12.3. The van der Waals surface area contributed by atoms with Crippen LogP contribution in [0.1, 0.15) is 24.4 Å². The first kappa shape index (κ1) is 23.1. The Hall–Kier alpha value is -4.31. The average Bonchev–Trinajstić information content (AvgIpc) is 3.59. The third-order valence-electron chi connectivity index (χ3n) is 6.66. The second-order valence-electron chi connectivity index (χ2n) is 9.29. The van der Waals surface area contributed by atoms with Crippen LogP contribution < -0.4 is 10.2 Å². The minimum atomic E-state index is -0.171. The number of likely N-dealkylation sites (tertiary alicyclic amines) is 1. The molecule has 1 aromatic carbocycles. The number of hydrogen-bond acceptors (Lipinski definition) is 9. The molecule has 10 nitrogen and oxygen atoms in total. The standard InChI is InChI=1S/C27H26N6O4/c34-24-11-23(14-33-12-21-3-2-20(10-22(21)13-33)27-31-30-18-37-27)35-17-25(24)36-16-19-4-8-32(9-5-19)15-26-28-6-1-7-29-26/h1-3,6-7,10-13,17-19H,4-5,8-9,14-16H2. The summed E-state index contributed by atoms with van der Waals surface area (Å²) in [5, 5.41) is 9.78. The number of benzene rings is 1. The molecule has 0 radical (unpaired) electrons. The third kappa shape index (κ3) is 5.44. The summed E-state index contributed by atoms with van der Waals surface area (Å²) in [6.45, 7) is 3.62. The molecule has 0 spiro atoms. The van der Waals surface area contributed by atoms with Crippen LogP contribution in [0.5, 0.6) is 5.75 Å². The molecule has 0 unspecified atom stereocenters. The van der Waals surface area contributed by atoms with Crippen LogP contribution in [-0.4, -0.2) is 49.3 Å². The minimum Gasteiger partial charge on any atom is -0.486 e. The Bertz CT molecular complexity index is 1520. The van der Waals surface area contributed by atoms with Gasteiger partial charge in [0, 0.05) is 41.8 Å². The predicted molar refractivity (Wildman–Crippen MR) is 135 cm³/mol. The van der Waals surface area contributed by atoms with E-state index in [-0.39, 0.29) is 11.2 Å². The van der Waals surface area contributed by atoms with Crippen LogP contribution in [0.25, 0.3) is 22.2 Å². The Morgan fingerprint density at radius 2 is 1.84 bits per heavy atom. The molecular weight excluding hydrogens is 472 g/mol. The molecule has 1 saturated heterocycles. The molecule has 5 heterocycles. The van der Waals surface area contributed by atoms with Crippen LogP contribution >= 0.6 is 0 Å². The van der Waals surface area contributed by atoms with E-state index in [2.05, 4.69) is 25.1 Å². The van der Waals surface area contributed by atoms with Crippen molar-refractivity contribution in [3.63, 3.8) is 0 Å². The molecule has 0 aliphatic carbocycles. The third-order valence-corrected chi connectivity index (χ3v) is 6.66. The number of hydrogen-bond donors (Lipinski definition) is 0. The van der Waals surface area contributed by atoms with Gasteiger partial charge in [0.05, 0.1) is 19.7 Å². The summed E-state index contributed by atoms with van der Waals surface area (Å²) in [4.78, 5) is 23.6. The van der Waals surface area contributed by atoms with Gasteiger partial charge in [0.1, 0.15) is 17.8 Å². The molecule has 5 aromatic rings. The largest absolute Gasteiger partial charge is 0.486 e. The lowest BCUT2D eigenvalue weighted by molar-refractivity contribution is 0.133. The lowest BCUT2D eigenvalue weighted by Crippen LogP contribution is -2.35. The normalized spacial score (nSPS) is 14.8. The molecular formula is C27H26N6O4. The molecule has 6 rings (SSSR count). The fourth-order valence-corrected chi connectivity index (χ4v) is 4.66. The van der Waals surface area contributed by atoms with Gasteiger partial charge in [0.25, 0.3) is 0 Å². The van der Waals surface area contributed by atoms with Crippen LogP contribution in [0.4, 0.5) is 0 Å². The van der Waals surface area contributed by atoms with Crippen LogP contribution in [0.3, 0.4) is 0 Å². The average molecular weight is 499 g/mol. The van der Waals surface area contributed by atoms with Crippen LogP contribution in [-0.2, 0) is 13.1 Å². The van der Waals surface area contributed by atoms with E-state index in [1.807, 2.05) is 41.2 Å². The van der Waals surface area contributed by atoms with Crippen LogP contribution in [0, 0.1) is 5.92 Å². The van der Waals surface area contributed by atoms with E-state index in [9.17, 15) is 4.79 Å². The highest BCUT2D eigenvalue weighted by molar-refractivity contribution is 5.86. The van der Waals surface area contributed by atoms with Crippen molar-refractivity contribution in [2.24, 2.45) is 5.92 Å². The molecule has 1 fully saturated rings. The van der Waals surface area contributed by atoms with Gasteiger partial charge >= 0.3 is 0 Å². The van der Waals surface area contributed by atoms with Crippen molar-refractivity contribution < 1.29 is 13.6 Å². The lowest BCUT2D eigenvalue weighted by Gasteiger charge is -2.31. The molecule has 37 heavy (non-hydrogen) atoms. The summed E-state index contributed by atoms with van der Waals surface area (Å²) in [5.74, 6) is 2.54. The molecule has 0 atom stereocenters. The quantitative estimate of drug-likeness (QED) is 0.315. The second-order valence-corrected chi connectivity index (χ2v) is 9.29. The molecule has 1 aliphatic rings. The monoisotopic (exact) mass is 498 g/mol. The summed E-state index contributed by atoms with van der Waals surface area (Å²) < 4.78 is 18.9. The highest BCUT2D eigenvalue weighted by atomic mass is 16.5. The first-order chi connectivity index (χ1) is 18.2. The Morgan fingerprint density at radius 1 is 1.00 bits per heavy atom. The summed E-state index contributed by atoms with van der Waals surface area (Å²) in [6, 6.07) is 9.26. The van der Waals surface area contributed by atoms with Crippen molar-refractivity contribution in [3.8, 4) is 17.2 Å². The van der Waals surface area contributed by atoms with E-state index in [1.54, 1.807) is 12.4 Å². The summed E-state index contributed by atoms with van der Waals surface area (Å²) in [7, 11) is 0. The van der Waals surface area contributed by atoms with Gasteiger partial charge in [-0.3, -0.25) is 9.69 Å². The summed E-state index contributed by atoms with van der Waals surface area (Å²) >= 11 is 0. The molecule has 0 bridgehead atoms. The van der Waals surface area contributed by atoms with Crippen LogP contribution in [0.15, 0.2) is 81.4 Å². The van der Waals surface area contributed by atoms with E-state index in [1.165, 1.54) is 18.7 Å². The van der Waals surface area contributed by atoms with Gasteiger partial charge in [-0.15, -0.1) is 10.2 Å². The molecule has 0 N–H and O–H groups in total. The van der Waals surface area contributed by atoms with Gasteiger partial charge in [0.15, 0.2) is 0 Å². The van der Waals surface area contributed by atoms with Gasteiger partial charge in [-0.1, -0.05) is 6.07 Å². The maximum atomic E-state index is 12.7. The van der Waals surface area contributed by atoms with Gasteiger partial charge in [-0.2, -0.15) is 0 Å². The van der Waals surface area contributed by atoms with Gasteiger partial charge in [0.2, 0.25) is 23.5 Å². The van der Waals surface area contributed by atoms with Crippen molar-refractivity contribution in [2.75, 3.05) is 19.7 Å². The molecule has 4 aromatic heterocycles. The van der Waals surface area contributed by atoms with E-state index in [0.29, 0.717) is 30.7 Å². The van der Waals surface area contributed by atoms with E-state index in [4.69, 9.17) is 13.6 Å². The molecule has 188 valence electrons. The molecule has 0 saturated carbocycles. The Kier molecular flexibility index (Phi) is 6.47. The van der Waals surface area contributed by atoms with Gasteiger partial charge in [-0.05, 0) is 55.4 Å². The van der Waals surface area contributed by atoms with Crippen molar-refractivity contribution in [1.82, 2.24) is 29.6 Å². The number of rotatable bonds is 8. The Balaban J connectivity index is 1.03. The second kappa shape index (κ2) is 10.4. The highest BCUT2D eigenvalue weighted by Gasteiger charge is 2.21. The fourth-order valence-electron chi connectivity index (χ4n) is 4.66. The van der Waals surface area contributed by atoms with Gasteiger partial charge < -0.3 is 18.1 Å². The molecule has 1 aliphatic heterocycles. The highest BCUT2D eigenvalue weighted by Crippen LogP contribution is 2.24. The maximum Gasteiger partial charge on any atom is 0.247 e. The lowest BCUT2D eigenvalue weighted by atomic mass is 9.98. The first-order valence-electron chi connectivity index (χ1n) is 12.3. The Labute approximate surface area is 212 Å². The number of nitrogens with zero attached hydrogens (tertiary/aromatic N) is 6. The number of aromatic nitrogens is 5. The maximum absolute atomic E-state index is 12.7. The molecule has 0 amide bonds. The predicted octanol–water partition coefficient (Wildman–Crippen LogP) is 3.77. The fraction of sp³-hybridized carbons (Fsp3) is 0.296. The van der Waals surface area contributed by atoms with Gasteiger partial charge in [-0.25, -0.2) is 9.97 Å². The van der Waals surface area contributed by atoms with E-state index < -0.39 is 0 Å². The van der Waals surface area contributed by atoms with E-state index >= 15 is 0 Å². The minimum absolute atomic E-state index is 0.171. The molecule has 10 heteroatoms. The van der Waals surface area contributed by atoms with Crippen molar-refractivity contribution in [2.45, 2.75) is 25.9 Å². The number of fused-ring (bicyclic) bond motifs is 1. The zero-order valence-electron chi connectivity index (χ0n) is 20.2. The number of piperidine rings is 1. The van der Waals surface area contributed by atoms with Crippen molar-refractivity contribution in [3.05, 3.63) is 89.6 Å². The first-order valence-corrected chi connectivity index (χ1v) is 12.3. The van der Waals surface area contributed by atoms with Crippen molar-refractivity contribution >= 4 is 10.8 Å². The SMILES string of the molecule is O=c1cc(Cn2cc3ccc(-c4nnco4)cc3c2)occ1OCC1CCN(Cc2ncccn2)CC1. The van der Waals surface area contributed by atoms with E-state index in [0.717, 1.165) is 54.6 Å². The number of ether oxygens (including phenoxy) is 1. The Morgan fingerprint density at radius 3 is 2.62 bits per heavy atom. The smallest absolute Gasteiger partial charge is 0.247 e. The zero-order chi connectivity index (χ0) is 25.0.